The fourth-order valence-corrected chi connectivity index (χ4v) is 2.41. The largest absolute Gasteiger partial charge is 0.382 e. The Balaban J connectivity index is 2.33. The molecule has 0 aliphatic rings. The van der Waals surface area contributed by atoms with Crippen LogP contribution in [0.5, 0.6) is 0 Å². The van der Waals surface area contributed by atoms with Gasteiger partial charge in [-0.1, -0.05) is 30.0 Å². The molecule has 1 aromatic heterocycles. The van der Waals surface area contributed by atoms with Crippen molar-refractivity contribution in [3.05, 3.63) is 30.3 Å². The van der Waals surface area contributed by atoms with Crippen molar-refractivity contribution in [1.29, 1.82) is 0 Å². The number of benzene rings is 1. The Morgan fingerprint density at radius 3 is 2.67 bits per heavy atom. The van der Waals surface area contributed by atoms with Gasteiger partial charge in [-0.2, -0.15) is 5.10 Å². The summed E-state index contributed by atoms with van der Waals surface area (Å²) in [6, 6.07) is 9.81. The molecule has 0 saturated heterocycles. The van der Waals surface area contributed by atoms with Crippen LogP contribution in [0.2, 0.25) is 0 Å². The van der Waals surface area contributed by atoms with E-state index in [0.29, 0.717) is 16.5 Å². The van der Waals surface area contributed by atoms with E-state index in [1.165, 1.54) is 18.7 Å². The highest BCUT2D eigenvalue weighted by molar-refractivity contribution is 7.99. The molecule has 2 aromatic rings. The molecule has 0 saturated carbocycles. The summed E-state index contributed by atoms with van der Waals surface area (Å²) in [6.07, 6.45) is 0. The lowest BCUT2D eigenvalue weighted by Gasteiger charge is -2.03. The van der Waals surface area contributed by atoms with E-state index >= 15 is 0 Å². The van der Waals surface area contributed by atoms with Crippen molar-refractivity contribution < 1.29 is 4.79 Å². The van der Waals surface area contributed by atoms with E-state index in [4.69, 9.17) is 5.73 Å². The summed E-state index contributed by atoms with van der Waals surface area (Å²) >= 11 is 1.46. The zero-order chi connectivity index (χ0) is 13.1. The number of anilines is 2. The van der Waals surface area contributed by atoms with Crippen molar-refractivity contribution in [1.82, 2.24) is 9.78 Å². The lowest BCUT2D eigenvalue weighted by Crippen LogP contribution is -2.08. The minimum atomic E-state index is -0.162. The van der Waals surface area contributed by atoms with Crippen LogP contribution in [0.3, 0.4) is 0 Å². The van der Waals surface area contributed by atoms with E-state index in [1.54, 1.807) is 11.7 Å². The fraction of sp³-hybridized carbons (Fsp3) is 0.167. The Kier molecular flexibility index (Phi) is 3.57. The van der Waals surface area contributed by atoms with Gasteiger partial charge in [-0.3, -0.25) is 9.48 Å². The van der Waals surface area contributed by atoms with Gasteiger partial charge in [-0.15, -0.1) is 0 Å². The van der Waals surface area contributed by atoms with Gasteiger partial charge in [0.25, 0.3) is 0 Å². The normalized spacial score (nSPS) is 10.3. The molecule has 1 amide bonds. The van der Waals surface area contributed by atoms with Crippen molar-refractivity contribution in [2.45, 2.75) is 16.8 Å². The van der Waals surface area contributed by atoms with Crippen LogP contribution in [0.25, 0.3) is 0 Å². The highest BCUT2D eigenvalue weighted by atomic mass is 32.2. The maximum atomic E-state index is 11.2. The second-order valence-electron chi connectivity index (χ2n) is 3.79. The van der Waals surface area contributed by atoms with Crippen LogP contribution in [0.1, 0.15) is 6.92 Å². The van der Waals surface area contributed by atoms with Gasteiger partial charge in [0.05, 0.1) is 0 Å². The molecule has 2 rings (SSSR count). The third kappa shape index (κ3) is 2.65. The molecule has 0 unspecified atom stereocenters. The van der Waals surface area contributed by atoms with E-state index < -0.39 is 0 Å². The van der Waals surface area contributed by atoms with Crippen LogP contribution in [0.4, 0.5) is 11.5 Å². The second kappa shape index (κ2) is 5.14. The number of aryl methyl sites for hydroxylation is 1. The summed E-state index contributed by atoms with van der Waals surface area (Å²) in [5, 5.41) is 7.70. The number of nitrogens with zero attached hydrogens (tertiary/aromatic N) is 2. The summed E-state index contributed by atoms with van der Waals surface area (Å²) in [5.74, 6) is 0.285. The monoisotopic (exact) mass is 262 g/mol. The molecule has 0 fully saturated rings. The third-order valence-electron chi connectivity index (χ3n) is 2.32. The van der Waals surface area contributed by atoms with Crippen molar-refractivity contribution in [3.63, 3.8) is 0 Å². The number of hydrogen-bond donors (Lipinski definition) is 2. The number of rotatable bonds is 3. The van der Waals surface area contributed by atoms with Gasteiger partial charge in [-0.25, -0.2) is 0 Å². The van der Waals surface area contributed by atoms with Gasteiger partial charge in [-0.05, 0) is 12.1 Å². The molecule has 0 radical (unpaired) electrons. The standard InChI is InChI=1S/C12H14N4OS/c1-8(17)14-10-11(13)16(2)15-12(10)18-9-6-4-3-5-7-9/h3-7H,13H2,1-2H3,(H,14,17). The summed E-state index contributed by atoms with van der Waals surface area (Å²) in [7, 11) is 1.75. The number of aromatic nitrogens is 2. The zero-order valence-corrected chi connectivity index (χ0v) is 11.0. The van der Waals surface area contributed by atoms with Crippen molar-refractivity contribution in [2.75, 3.05) is 11.1 Å². The highest BCUT2D eigenvalue weighted by Crippen LogP contribution is 2.35. The minimum Gasteiger partial charge on any atom is -0.382 e. The van der Waals surface area contributed by atoms with Gasteiger partial charge in [0.15, 0.2) is 0 Å². The van der Waals surface area contributed by atoms with Gasteiger partial charge < -0.3 is 11.1 Å². The summed E-state index contributed by atoms with van der Waals surface area (Å²) in [4.78, 5) is 12.2. The van der Waals surface area contributed by atoms with E-state index in [0.717, 1.165) is 4.90 Å². The van der Waals surface area contributed by atoms with Crippen LogP contribution in [0, 0.1) is 0 Å². The van der Waals surface area contributed by atoms with Crippen molar-refractivity contribution in [2.24, 2.45) is 7.05 Å². The SMILES string of the molecule is CC(=O)Nc1c(Sc2ccccc2)nn(C)c1N. The Morgan fingerprint density at radius 2 is 2.06 bits per heavy atom. The molecule has 3 N–H and O–H groups in total. The van der Waals surface area contributed by atoms with Gasteiger partial charge in [0, 0.05) is 18.9 Å². The molecule has 6 heteroatoms. The topological polar surface area (TPSA) is 72.9 Å². The molecular formula is C12H14N4OS. The number of hydrogen-bond acceptors (Lipinski definition) is 4. The molecule has 5 nitrogen and oxygen atoms in total. The predicted octanol–water partition coefficient (Wildman–Crippen LogP) is 2.11. The lowest BCUT2D eigenvalue weighted by molar-refractivity contribution is -0.114. The van der Waals surface area contributed by atoms with E-state index in [9.17, 15) is 4.79 Å². The van der Waals surface area contributed by atoms with Crippen LogP contribution < -0.4 is 11.1 Å². The van der Waals surface area contributed by atoms with E-state index in [-0.39, 0.29) is 5.91 Å². The highest BCUT2D eigenvalue weighted by Gasteiger charge is 2.15. The maximum absolute atomic E-state index is 11.2. The van der Waals surface area contributed by atoms with E-state index in [1.807, 2.05) is 30.3 Å². The number of amides is 1. The summed E-state index contributed by atoms with van der Waals surface area (Å²) < 4.78 is 1.55. The van der Waals surface area contributed by atoms with Crippen LogP contribution in [0.15, 0.2) is 40.3 Å². The number of nitrogen functional groups attached to an aromatic ring is 1. The number of carbonyl (C=O) groups excluding carboxylic acids is 1. The average Bonchev–Trinajstić information content (AvgIpc) is 2.58. The second-order valence-corrected chi connectivity index (χ2v) is 4.85. The molecule has 0 aliphatic heterocycles. The number of carbonyl (C=O) groups is 1. The molecule has 18 heavy (non-hydrogen) atoms. The molecule has 0 bridgehead atoms. The van der Waals surface area contributed by atoms with Crippen LogP contribution >= 0.6 is 11.8 Å². The lowest BCUT2D eigenvalue weighted by atomic mass is 10.4. The maximum Gasteiger partial charge on any atom is 0.221 e. The van der Waals surface area contributed by atoms with E-state index in [2.05, 4.69) is 10.4 Å². The van der Waals surface area contributed by atoms with Gasteiger partial charge in [0.1, 0.15) is 16.5 Å². The Morgan fingerprint density at radius 1 is 1.39 bits per heavy atom. The Bertz CT molecular complexity index is 565. The fourth-order valence-electron chi connectivity index (χ4n) is 1.48. The van der Waals surface area contributed by atoms with Gasteiger partial charge >= 0.3 is 0 Å². The van der Waals surface area contributed by atoms with Crippen molar-refractivity contribution >= 4 is 29.2 Å². The summed E-state index contributed by atoms with van der Waals surface area (Å²) in [6.45, 7) is 1.45. The number of nitrogens with two attached hydrogens (primary N) is 1. The Hall–Kier alpha value is -1.95. The first-order valence-electron chi connectivity index (χ1n) is 5.41. The quantitative estimate of drug-likeness (QED) is 0.888. The Labute approximate surface area is 109 Å². The molecule has 94 valence electrons. The number of nitrogens with one attached hydrogen (secondary N) is 1. The molecule has 0 spiro atoms. The molecule has 0 atom stereocenters. The molecule has 0 aliphatic carbocycles. The predicted molar refractivity (Wildman–Crippen MR) is 72.5 cm³/mol. The molecular weight excluding hydrogens is 248 g/mol. The van der Waals surface area contributed by atoms with Gasteiger partial charge in [0.2, 0.25) is 5.91 Å². The van der Waals surface area contributed by atoms with Crippen LogP contribution in [-0.2, 0) is 11.8 Å². The first kappa shape index (κ1) is 12.5. The first-order valence-corrected chi connectivity index (χ1v) is 6.22. The van der Waals surface area contributed by atoms with Crippen molar-refractivity contribution in [3.8, 4) is 0 Å². The average molecular weight is 262 g/mol. The summed E-state index contributed by atoms with van der Waals surface area (Å²) in [5.41, 5.74) is 6.45. The first-order chi connectivity index (χ1) is 8.58. The molecule has 1 heterocycles. The smallest absolute Gasteiger partial charge is 0.221 e. The molecule has 1 aromatic carbocycles. The zero-order valence-electron chi connectivity index (χ0n) is 10.2. The third-order valence-corrected chi connectivity index (χ3v) is 3.31. The minimum absolute atomic E-state index is 0.162. The van der Waals surface area contributed by atoms with Crippen LogP contribution in [-0.4, -0.2) is 15.7 Å².